The van der Waals surface area contributed by atoms with Crippen LogP contribution in [0.2, 0.25) is 0 Å². The Hall–Kier alpha value is -1.62. The van der Waals surface area contributed by atoms with Gasteiger partial charge in [-0.15, -0.1) is 11.3 Å². The third kappa shape index (κ3) is 2.18. The van der Waals surface area contributed by atoms with E-state index in [1.807, 2.05) is 0 Å². The molecule has 0 spiro atoms. The number of rotatable bonds is 2. The number of hydrogen-bond acceptors (Lipinski definition) is 4. The van der Waals surface area contributed by atoms with Gasteiger partial charge in [-0.25, -0.2) is 4.98 Å². The normalized spacial score (nSPS) is 18.4. The number of fused-ring (bicyclic) bond motifs is 1. The third-order valence-electron chi connectivity index (χ3n) is 3.15. The molecule has 3 rings (SSSR count). The summed E-state index contributed by atoms with van der Waals surface area (Å²) in [6.07, 6.45) is 4.76. The van der Waals surface area contributed by atoms with E-state index < -0.39 is 0 Å². The molecular formula is C13H14N2O2S. The maximum atomic E-state index is 11.8. The molecular weight excluding hydrogens is 248 g/mol. The van der Waals surface area contributed by atoms with Gasteiger partial charge in [0.1, 0.15) is 0 Å². The Labute approximate surface area is 109 Å². The summed E-state index contributed by atoms with van der Waals surface area (Å²) in [4.78, 5) is 17.6. The minimum atomic E-state index is -0.237. The second-order valence-corrected chi connectivity index (χ2v) is 5.75. The number of aromatic nitrogens is 1. The highest BCUT2D eigenvalue weighted by atomic mass is 32.1. The molecule has 2 aromatic heterocycles. The summed E-state index contributed by atoms with van der Waals surface area (Å²) in [5.74, 6) is 0.794. The van der Waals surface area contributed by atoms with Gasteiger partial charge in [0.15, 0.2) is 10.9 Å². The summed E-state index contributed by atoms with van der Waals surface area (Å²) in [6.45, 7) is 2.25. The van der Waals surface area contributed by atoms with Crippen molar-refractivity contribution in [2.75, 3.05) is 5.32 Å². The average molecular weight is 262 g/mol. The smallest absolute Gasteiger partial charge is 0.293 e. The summed E-state index contributed by atoms with van der Waals surface area (Å²) in [7, 11) is 0. The lowest BCUT2D eigenvalue weighted by Gasteiger charge is -2.15. The Morgan fingerprint density at radius 1 is 1.61 bits per heavy atom. The quantitative estimate of drug-likeness (QED) is 0.904. The largest absolute Gasteiger partial charge is 0.459 e. The van der Waals surface area contributed by atoms with Crippen molar-refractivity contribution >= 4 is 22.4 Å². The van der Waals surface area contributed by atoms with Crippen LogP contribution in [0.15, 0.2) is 22.8 Å². The summed E-state index contributed by atoms with van der Waals surface area (Å²) < 4.78 is 5.05. The zero-order valence-corrected chi connectivity index (χ0v) is 10.9. The van der Waals surface area contributed by atoms with Crippen LogP contribution in [0.4, 0.5) is 5.13 Å². The van der Waals surface area contributed by atoms with E-state index in [2.05, 4.69) is 17.2 Å². The number of furan rings is 1. The van der Waals surface area contributed by atoms with Crippen molar-refractivity contribution in [2.24, 2.45) is 5.92 Å². The SMILES string of the molecule is C[C@H]1CCc2nc(NC(=O)c3ccco3)sc2C1. The van der Waals surface area contributed by atoms with Crippen molar-refractivity contribution in [1.82, 2.24) is 4.98 Å². The molecule has 0 aliphatic heterocycles. The van der Waals surface area contributed by atoms with Crippen molar-refractivity contribution in [3.63, 3.8) is 0 Å². The molecule has 0 aromatic carbocycles. The van der Waals surface area contributed by atoms with E-state index in [4.69, 9.17) is 4.42 Å². The van der Waals surface area contributed by atoms with Gasteiger partial charge in [0.05, 0.1) is 12.0 Å². The molecule has 0 bridgehead atoms. The van der Waals surface area contributed by atoms with Gasteiger partial charge in [-0.2, -0.15) is 0 Å². The molecule has 1 aliphatic carbocycles. The first-order valence-electron chi connectivity index (χ1n) is 6.06. The molecule has 1 atom stereocenters. The minimum absolute atomic E-state index is 0.237. The first-order chi connectivity index (χ1) is 8.72. The van der Waals surface area contributed by atoms with Crippen LogP contribution < -0.4 is 5.32 Å². The predicted octanol–water partition coefficient (Wildman–Crippen LogP) is 3.11. The Bertz CT molecular complexity index is 560. The van der Waals surface area contributed by atoms with Crippen molar-refractivity contribution < 1.29 is 9.21 Å². The number of carbonyl (C=O) groups is 1. The van der Waals surface area contributed by atoms with Gasteiger partial charge in [-0.3, -0.25) is 10.1 Å². The Morgan fingerprint density at radius 2 is 2.50 bits per heavy atom. The van der Waals surface area contributed by atoms with E-state index in [1.165, 1.54) is 17.6 Å². The molecule has 94 valence electrons. The van der Waals surface area contributed by atoms with Crippen molar-refractivity contribution in [3.05, 3.63) is 34.7 Å². The highest BCUT2D eigenvalue weighted by Crippen LogP contribution is 2.32. The topological polar surface area (TPSA) is 55.1 Å². The second kappa shape index (κ2) is 4.57. The van der Waals surface area contributed by atoms with Crippen molar-refractivity contribution in [3.8, 4) is 0 Å². The van der Waals surface area contributed by atoms with Gasteiger partial charge in [0.2, 0.25) is 0 Å². The highest BCUT2D eigenvalue weighted by molar-refractivity contribution is 7.15. The van der Waals surface area contributed by atoms with Crippen LogP contribution in [-0.4, -0.2) is 10.9 Å². The van der Waals surface area contributed by atoms with Crippen LogP contribution in [-0.2, 0) is 12.8 Å². The van der Waals surface area contributed by atoms with Gasteiger partial charge >= 0.3 is 0 Å². The van der Waals surface area contributed by atoms with Gasteiger partial charge in [-0.1, -0.05) is 6.92 Å². The van der Waals surface area contributed by atoms with Gasteiger partial charge in [0.25, 0.3) is 5.91 Å². The number of aryl methyl sites for hydroxylation is 1. The zero-order chi connectivity index (χ0) is 12.5. The van der Waals surface area contributed by atoms with Gasteiger partial charge in [0, 0.05) is 4.88 Å². The first kappa shape index (κ1) is 11.5. The maximum absolute atomic E-state index is 11.8. The first-order valence-corrected chi connectivity index (χ1v) is 6.87. The molecule has 2 aromatic rings. The molecule has 0 saturated heterocycles. The fourth-order valence-corrected chi connectivity index (χ4v) is 3.33. The predicted molar refractivity (Wildman–Crippen MR) is 70.0 cm³/mol. The fraction of sp³-hybridized carbons (Fsp3) is 0.385. The molecule has 0 unspecified atom stereocenters. The summed E-state index contributed by atoms with van der Waals surface area (Å²) in [6, 6.07) is 3.34. The molecule has 0 saturated carbocycles. The molecule has 1 amide bonds. The van der Waals surface area contributed by atoms with Crippen LogP contribution in [0.1, 0.15) is 34.5 Å². The van der Waals surface area contributed by atoms with E-state index in [-0.39, 0.29) is 5.91 Å². The van der Waals surface area contributed by atoms with E-state index >= 15 is 0 Å². The number of hydrogen-bond donors (Lipinski definition) is 1. The Kier molecular flexibility index (Phi) is 2.91. The number of thiazole rings is 1. The van der Waals surface area contributed by atoms with E-state index in [1.54, 1.807) is 23.5 Å². The molecule has 0 fully saturated rings. The standard InChI is InChI=1S/C13H14N2O2S/c1-8-4-5-9-11(7-8)18-13(14-9)15-12(16)10-3-2-6-17-10/h2-3,6,8H,4-5,7H2,1H3,(H,14,15,16)/t8-/m0/s1. The molecule has 2 heterocycles. The second-order valence-electron chi connectivity index (χ2n) is 4.67. The van der Waals surface area contributed by atoms with Crippen LogP contribution in [0, 0.1) is 5.92 Å². The fourth-order valence-electron chi connectivity index (χ4n) is 2.16. The third-order valence-corrected chi connectivity index (χ3v) is 4.19. The maximum Gasteiger partial charge on any atom is 0.293 e. The van der Waals surface area contributed by atoms with Gasteiger partial charge in [-0.05, 0) is 37.3 Å². The molecule has 0 radical (unpaired) electrons. The molecule has 1 N–H and O–H groups in total. The number of nitrogens with zero attached hydrogens (tertiary/aromatic N) is 1. The van der Waals surface area contributed by atoms with E-state index in [0.717, 1.165) is 18.5 Å². The lowest BCUT2D eigenvalue weighted by Crippen LogP contribution is -2.11. The molecule has 1 aliphatic rings. The zero-order valence-electron chi connectivity index (χ0n) is 10.1. The average Bonchev–Trinajstić information content (AvgIpc) is 2.95. The Balaban J connectivity index is 1.76. The Morgan fingerprint density at radius 3 is 3.28 bits per heavy atom. The number of carbonyl (C=O) groups excluding carboxylic acids is 1. The summed E-state index contributed by atoms with van der Waals surface area (Å²) in [5, 5.41) is 3.47. The van der Waals surface area contributed by atoms with Gasteiger partial charge < -0.3 is 4.42 Å². The lowest BCUT2D eigenvalue weighted by atomic mass is 9.93. The highest BCUT2D eigenvalue weighted by Gasteiger charge is 2.21. The van der Waals surface area contributed by atoms with Crippen molar-refractivity contribution in [2.45, 2.75) is 26.2 Å². The number of anilines is 1. The lowest BCUT2D eigenvalue weighted by molar-refractivity contribution is 0.0996. The van der Waals surface area contributed by atoms with E-state index in [0.29, 0.717) is 16.8 Å². The molecule has 4 nitrogen and oxygen atoms in total. The van der Waals surface area contributed by atoms with Crippen LogP contribution in [0.3, 0.4) is 0 Å². The van der Waals surface area contributed by atoms with Crippen LogP contribution >= 0.6 is 11.3 Å². The van der Waals surface area contributed by atoms with E-state index in [9.17, 15) is 4.79 Å². The molecule has 18 heavy (non-hydrogen) atoms. The minimum Gasteiger partial charge on any atom is -0.459 e. The summed E-state index contributed by atoms with van der Waals surface area (Å²) in [5.41, 5.74) is 1.15. The van der Waals surface area contributed by atoms with Crippen molar-refractivity contribution in [1.29, 1.82) is 0 Å². The molecule has 5 heteroatoms. The number of amides is 1. The van der Waals surface area contributed by atoms with Crippen LogP contribution in [0.5, 0.6) is 0 Å². The monoisotopic (exact) mass is 262 g/mol. The summed E-state index contributed by atoms with van der Waals surface area (Å²) >= 11 is 1.58. The number of nitrogens with one attached hydrogen (secondary N) is 1. The van der Waals surface area contributed by atoms with Crippen LogP contribution in [0.25, 0.3) is 0 Å².